The van der Waals surface area contributed by atoms with E-state index in [4.69, 9.17) is 10.5 Å². The smallest absolute Gasteiger partial charge is 0.244 e. The van der Waals surface area contributed by atoms with Gasteiger partial charge < -0.3 is 41.4 Å². The number of hydrogen-bond acceptors (Lipinski definition) is 8. The molecule has 1 aromatic carbocycles. The van der Waals surface area contributed by atoms with Gasteiger partial charge in [0, 0.05) is 25.1 Å². The highest BCUT2D eigenvalue weighted by Gasteiger charge is 2.51. The molecule has 0 aromatic heterocycles. The molecule has 0 bridgehead atoms. The molecule has 0 spiro atoms. The Morgan fingerprint density at radius 1 is 1.08 bits per heavy atom. The van der Waals surface area contributed by atoms with Crippen LogP contribution < -0.4 is 5.73 Å². The fourth-order valence-corrected chi connectivity index (χ4v) is 6.82. The number of likely N-dealkylation sites (tertiary alicyclic amines) is 1. The summed E-state index contributed by atoms with van der Waals surface area (Å²) < 4.78 is 29.3. The van der Waals surface area contributed by atoms with E-state index in [1.807, 2.05) is 0 Å². The van der Waals surface area contributed by atoms with E-state index >= 15 is 0 Å². The molecule has 2 atom stereocenters. The Morgan fingerprint density at radius 2 is 1.68 bits per heavy atom. The van der Waals surface area contributed by atoms with Gasteiger partial charge in [0.05, 0.1) is 12.2 Å². The Morgan fingerprint density at radius 3 is 2.24 bits per heavy atom. The average molecular weight is 605 g/mol. The number of carbonyl (C=O) groups excluding carboxylic acids is 1. The van der Waals surface area contributed by atoms with Crippen molar-refractivity contribution in [2.75, 3.05) is 38.6 Å². The van der Waals surface area contributed by atoms with Crippen LogP contribution >= 0.6 is 24.8 Å². The highest BCUT2D eigenvalue weighted by molar-refractivity contribution is 7.94. The summed E-state index contributed by atoms with van der Waals surface area (Å²) in [6.07, 6.45) is 3.90. The van der Waals surface area contributed by atoms with Gasteiger partial charge in [-0.1, -0.05) is 6.07 Å². The number of ether oxygens (including phenoxy) is 1. The van der Waals surface area contributed by atoms with Crippen LogP contribution in [0.4, 0.5) is 0 Å². The molecule has 222 valence electrons. The minimum absolute atomic E-state index is 0. The van der Waals surface area contributed by atoms with Crippen molar-refractivity contribution in [1.82, 2.24) is 9.80 Å². The molecule has 38 heavy (non-hydrogen) atoms. The molecule has 0 saturated carbocycles. The van der Waals surface area contributed by atoms with Gasteiger partial charge in [0.15, 0.2) is 21.3 Å². The molecule has 1 aromatic rings. The maximum atomic E-state index is 12.4. The second kappa shape index (κ2) is 14.3. The summed E-state index contributed by atoms with van der Waals surface area (Å²) in [7, 11) is -3.41. The number of fused-ring (bicyclic) bond motifs is 1. The number of phenolic OH excluding ortho intramolecular Hbond substituents is 2. The first-order valence-corrected chi connectivity index (χ1v) is 13.8. The summed E-state index contributed by atoms with van der Waals surface area (Å²) in [6.45, 7) is 6.59. The van der Waals surface area contributed by atoms with Crippen LogP contribution in [0, 0.1) is 5.92 Å². The van der Waals surface area contributed by atoms with Crippen molar-refractivity contribution in [3.8, 4) is 11.5 Å². The third-order valence-electron chi connectivity index (χ3n) is 7.82. The normalized spacial score (nSPS) is 24.3. The number of nitrogens with two attached hydrogens (primary N) is 1. The van der Waals surface area contributed by atoms with Crippen LogP contribution in [0.25, 0.3) is 0 Å². The Labute approximate surface area is 237 Å². The number of amides is 1. The first-order valence-electron chi connectivity index (χ1n) is 12.2. The SMILES string of the molecule is CC1(C)C(=O)N(CCCCN2CCC([C@@H]3Cc4c(ccc(O)c4O)[C@H](CN)O3)CC2)CS1(=O)=O.Cl.Cl.O.O. The number of halogens is 2. The quantitative estimate of drug-likeness (QED) is 0.299. The minimum Gasteiger partial charge on any atom is -0.504 e. The van der Waals surface area contributed by atoms with Gasteiger partial charge in [-0.05, 0) is 76.7 Å². The summed E-state index contributed by atoms with van der Waals surface area (Å²) in [5.41, 5.74) is 7.54. The topological polar surface area (TPSA) is 196 Å². The molecule has 14 heteroatoms. The van der Waals surface area contributed by atoms with Crippen LogP contribution in [-0.4, -0.2) is 94.7 Å². The number of aromatic hydroxyl groups is 2. The second-order valence-corrected chi connectivity index (χ2v) is 12.8. The average Bonchev–Trinajstić information content (AvgIpc) is 2.97. The number of carbonyl (C=O) groups is 1. The Balaban J connectivity index is 0.00000342. The molecule has 3 heterocycles. The summed E-state index contributed by atoms with van der Waals surface area (Å²) in [5.74, 6) is -0.283. The van der Waals surface area contributed by atoms with Crippen LogP contribution in [0.1, 0.15) is 56.8 Å². The van der Waals surface area contributed by atoms with E-state index in [1.165, 1.54) is 24.8 Å². The predicted octanol–water partition coefficient (Wildman–Crippen LogP) is 0.718. The minimum atomic E-state index is -3.41. The lowest BCUT2D eigenvalue weighted by Crippen LogP contribution is -2.42. The zero-order chi connectivity index (χ0) is 24.7. The van der Waals surface area contributed by atoms with Crippen molar-refractivity contribution < 1.29 is 39.1 Å². The zero-order valence-corrected chi connectivity index (χ0v) is 24.3. The van der Waals surface area contributed by atoms with E-state index in [0.29, 0.717) is 25.4 Å². The lowest BCUT2D eigenvalue weighted by molar-refractivity contribution is -0.130. The van der Waals surface area contributed by atoms with Crippen LogP contribution in [0.15, 0.2) is 12.1 Å². The molecule has 3 aliphatic rings. The number of sulfone groups is 1. The molecule has 0 radical (unpaired) electrons. The Kier molecular flexibility index (Phi) is 13.8. The number of rotatable bonds is 7. The lowest BCUT2D eigenvalue weighted by Gasteiger charge is -2.40. The lowest BCUT2D eigenvalue weighted by atomic mass is 9.83. The number of unbranched alkanes of at least 4 members (excludes halogenated alkanes) is 1. The monoisotopic (exact) mass is 603 g/mol. The molecule has 8 N–H and O–H groups in total. The van der Waals surface area contributed by atoms with Gasteiger partial charge in [-0.2, -0.15) is 0 Å². The summed E-state index contributed by atoms with van der Waals surface area (Å²) >= 11 is 0. The van der Waals surface area contributed by atoms with E-state index in [2.05, 4.69) is 4.90 Å². The number of benzene rings is 1. The second-order valence-electron chi connectivity index (χ2n) is 10.3. The molecule has 11 nitrogen and oxygen atoms in total. The van der Waals surface area contributed by atoms with Gasteiger partial charge in [-0.25, -0.2) is 8.42 Å². The fourth-order valence-electron chi connectivity index (χ4n) is 5.44. The number of piperidine rings is 1. The molecule has 1 amide bonds. The molecule has 2 fully saturated rings. The van der Waals surface area contributed by atoms with Crippen LogP contribution in [-0.2, 0) is 25.8 Å². The third kappa shape index (κ3) is 7.03. The molecule has 2 saturated heterocycles. The maximum Gasteiger partial charge on any atom is 0.244 e. The van der Waals surface area contributed by atoms with Gasteiger partial charge >= 0.3 is 0 Å². The van der Waals surface area contributed by atoms with E-state index in [9.17, 15) is 23.4 Å². The fraction of sp³-hybridized carbons (Fsp3) is 0.708. The molecular weight excluding hydrogens is 561 g/mol. The zero-order valence-electron chi connectivity index (χ0n) is 21.9. The molecule has 0 unspecified atom stereocenters. The van der Waals surface area contributed by atoms with Crippen LogP contribution in [0.2, 0.25) is 0 Å². The van der Waals surface area contributed by atoms with Crippen molar-refractivity contribution in [3.05, 3.63) is 23.3 Å². The summed E-state index contributed by atoms with van der Waals surface area (Å²) in [5, 5.41) is 20.3. The Bertz CT molecular complexity index is 1040. The molecule has 0 aliphatic carbocycles. The van der Waals surface area contributed by atoms with E-state index in [-0.39, 0.29) is 71.3 Å². The van der Waals surface area contributed by atoms with Crippen molar-refractivity contribution in [3.63, 3.8) is 0 Å². The van der Waals surface area contributed by atoms with Gasteiger partial charge in [-0.15, -0.1) is 24.8 Å². The van der Waals surface area contributed by atoms with Gasteiger partial charge in [-0.3, -0.25) is 4.79 Å². The van der Waals surface area contributed by atoms with Crippen molar-refractivity contribution in [2.45, 2.75) is 62.9 Å². The van der Waals surface area contributed by atoms with Crippen molar-refractivity contribution >= 4 is 40.6 Å². The number of nitrogens with zero attached hydrogens (tertiary/aromatic N) is 2. The van der Waals surface area contributed by atoms with E-state index < -0.39 is 14.6 Å². The van der Waals surface area contributed by atoms with Crippen LogP contribution in [0.3, 0.4) is 0 Å². The maximum absolute atomic E-state index is 12.4. The van der Waals surface area contributed by atoms with Crippen LogP contribution in [0.5, 0.6) is 11.5 Å². The predicted molar refractivity (Wildman–Crippen MR) is 150 cm³/mol. The van der Waals surface area contributed by atoms with Crippen molar-refractivity contribution in [1.29, 1.82) is 0 Å². The van der Waals surface area contributed by atoms with E-state index in [0.717, 1.165) is 56.4 Å². The molecule has 3 aliphatic heterocycles. The number of phenols is 2. The van der Waals surface area contributed by atoms with Gasteiger partial charge in [0.1, 0.15) is 10.6 Å². The standard InChI is InChI=1S/C24H37N3O6S.2ClH.2H2O/c1-24(2)23(30)27(15-34(24,31)32)10-4-3-9-26-11-7-16(8-12-26)20-13-18-17(21(14-25)33-20)5-6-19(28)22(18)29;;;;/h5-6,16,20-21,28-29H,3-4,7-15,25H2,1-2H3;2*1H;2*1H2/t20-,21-;;;;/m0..../s1. The number of hydrogen-bond donors (Lipinski definition) is 3. The highest BCUT2D eigenvalue weighted by Crippen LogP contribution is 2.42. The van der Waals surface area contributed by atoms with E-state index in [1.54, 1.807) is 6.07 Å². The summed E-state index contributed by atoms with van der Waals surface area (Å²) in [4.78, 5) is 16.3. The first kappa shape index (κ1) is 36.6. The van der Waals surface area contributed by atoms with Gasteiger partial charge in [0.2, 0.25) is 5.91 Å². The van der Waals surface area contributed by atoms with Gasteiger partial charge in [0.25, 0.3) is 0 Å². The van der Waals surface area contributed by atoms with Crippen molar-refractivity contribution in [2.24, 2.45) is 11.7 Å². The highest BCUT2D eigenvalue weighted by atomic mass is 35.5. The summed E-state index contributed by atoms with van der Waals surface area (Å²) in [6, 6.07) is 3.27. The first-order chi connectivity index (χ1) is 16.0. The largest absolute Gasteiger partial charge is 0.504 e. The third-order valence-corrected chi connectivity index (χ3v) is 10.2. The molecule has 4 rings (SSSR count). The molecular formula is C24H43Cl2N3O8S. The Hall–Kier alpha value is -1.38.